The van der Waals surface area contributed by atoms with Gasteiger partial charge in [-0.2, -0.15) is 0 Å². The van der Waals surface area contributed by atoms with Crippen LogP contribution in [0.25, 0.3) is 10.9 Å². The van der Waals surface area contributed by atoms with Gasteiger partial charge in [0.1, 0.15) is 54.4 Å². The third kappa shape index (κ3) is 26.5. The average Bonchev–Trinajstić information content (AvgIpc) is 1.79. The van der Waals surface area contributed by atoms with E-state index in [4.69, 9.17) is 40.1 Å². The normalized spacial score (nSPS) is 15.0. The number of aliphatic imine (C=N–C) groups is 2. The van der Waals surface area contributed by atoms with Gasteiger partial charge >= 0.3 is 0 Å². The van der Waals surface area contributed by atoms with E-state index < -0.39 is 162 Å². The van der Waals surface area contributed by atoms with E-state index in [1.54, 1.807) is 78.9 Å². The summed E-state index contributed by atoms with van der Waals surface area (Å²) in [4.78, 5) is 182. The van der Waals surface area contributed by atoms with Gasteiger partial charge in [0.05, 0.1) is 25.8 Å². The van der Waals surface area contributed by atoms with Gasteiger partial charge in [0, 0.05) is 60.8 Å². The molecule has 0 aliphatic carbocycles. The summed E-state index contributed by atoms with van der Waals surface area (Å²) in [6, 6.07) is -6.43. The van der Waals surface area contributed by atoms with Gasteiger partial charge in [-0.15, -0.1) is 0 Å². The Labute approximate surface area is 538 Å². The molecule has 0 saturated heterocycles. The van der Waals surface area contributed by atoms with Crippen LogP contribution in [0.2, 0.25) is 0 Å². The number of aliphatic hydroxyl groups excluding tert-OH is 1. The second-order valence-electron chi connectivity index (χ2n) is 23.4. The Kier molecular flexibility index (Phi) is 32.2. The Morgan fingerprint density at radius 3 is 1.51 bits per heavy atom. The highest BCUT2D eigenvalue weighted by molar-refractivity contribution is 6.00. The Morgan fingerprint density at radius 1 is 0.516 bits per heavy atom. The van der Waals surface area contributed by atoms with E-state index in [2.05, 4.69) is 72.8 Å². The number of hydrogen-bond donors (Lipinski definition) is 19. The molecule has 0 spiro atoms. The molecule has 0 saturated carbocycles. The first-order chi connectivity index (χ1) is 43.9. The summed E-state index contributed by atoms with van der Waals surface area (Å²) in [6.45, 7) is 11.2. The van der Waals surface area contributed by atoms with Crippen LogP contribution in [0.1, 0.15) is 118 Å². The third-order valence-electron chi connectivity index (χ3n) is 15.3. The summed E-state index contributed by atoms with van der Waals surface area (Å²) < 4.78 is 0. The standard InChI is InChI=1S/C59H95N21O13/c1-8-30(5)46(56(92)77-41(22-34-26-67-28-71-34)53(89)75-40(52(88)73-38(48(62)84)23-44(60)82)21-33-25-70-36-16-11-10-15-35(33)36)80-57(93)47(31(6)9-2)79-54(90)42(24-45(61)83)76-50(86)37(17-13-19-69-59(65)66)72-51(87)39(20-29(3)4)74-55(91)43(27-81)78-49(85)32(7)14-12-18-68-58(63)64/h10-11,15-16,25-26,28-32,37-43,46-47,70,81H,8-9,12-14,17-24,27H2,1-7H3,(H2,60,82)(H2,61,83)(H2,62,84)(H,67,71)(H,72,87)(H,73,88)(H,74,91)(H,75,89)(H,76,86)(H,77,92)(H,78,85)(H,79,90)(H,80,93)(H4,63,64,68)(H4,65,66,69)/t30-,31-,32-,37-,38-,39-,40-,41-,42-,43-,46-,47-/m0/s1. The monoisotopic (exact) mass is 1310 g/mol. The van der Waals surface area contributed by atoms with Crippen LogP contribution in [0, 0.1) is 23.7 Å². The van der Waals surface area contributed by atoms with E-state index >= 15 is 0 Å². The highest BCUT2D eigenvalue weighted by Crippen LogP contribution is 2.21. The predicted octanol–water partition coefficient (Wildman–Crippen LogP) is -4.85. The van der Waals surface area contributed by atoms with Crippen molar-refractivity contribution in [1.82, 2.24) is 62.8 Å². The minimum absolute atomic E-state index is 0.00381. The second-order valence-corrected chi connectivity index (χ2v) is 23.4. The Balaban J connectivity index is 1.95. The zero-order valence-electron chi connectivity index (χ0n) is 53.7. The molecule has 12 atom stereocenters. The molecule has 2 heterocycles. The van der Waals surface area contributed by atoms with E-state index in [0.717, 1.165) is 0 Å². The number of primary amides is 3. The van der Waals surface area contributed by atoms with Gasteiger partial charge in [-0.3, -0.25) is 67.5 Å². The minimum atomic E-state index is -1.79. The van der Waals surface area contributed by atoms with Gasteiger partial charge in [-0.25, -0.2) is 4.98 Å². The first kappa shape index (κ1) is 77.4. The molecule has 2 aromatic heterocycles. The average molecular weight is 1310 g/mol. The smallest absolute Gasteiger partial charge is 0.245 e. The van der Waals surface area contributed by atoms with Gasteiger partial charge in [0.15, 0.2) is 11.9 Å². The lowest BCUT2D eigenvalue weighted by Crippen LogP contribution is -2.62. The number of aliphatic hydroxyl groups is 1. The van der Waals surface area contributed by atoms with Crippen molar-refractivity contribution in [2.75, 3.05) is 19.7 Å². The summed E-state index contributed by atoms with van der Waals surface area (Å²) in [5.74, 6) is -13.8. The lowest BCUT2D eigenvalue weighted by atomic mass is 9.94. The number of carbonyl (C=O) groups is 12. The molecule has 0 aliphatic rings. The van der Waals surface area contributed by atoms with Crippen molar-refractivity contribution in [3.63, 3.8) is 0 Å². The molecule has 1 aromatic carbocycles. The molecule has 514 valence electrons. The number of amides is 12. The van der Waals surface area contributed by atoms with Crippen LogP contribution in [0.4, 0.5) is 0 Å². The zero-order chi connectivity index (χ0) is 69.6. The summed E-state index contributed by atoms with van der Waals surface area (Å²) in [6.07, 6.45) is 3.64. The van der Waals surface area contributed by atoms with Crippen molar-refractivity contribution in [1.29, 1.82) is 0 Å². The van der Waals surface area contributed by atoms with Crippen molar-refractivity contribution >= 4 is 93.7 Å². The fraction of sp³-hybridized carbons (Fsp3) is 0.576. The number of fused-ring (bicyclic) bond motifs is 1. The maximum Gasteiger partial charge on any atom is 0.245 e. The van der Waals surface area contributed by atoms with E-state index in [9.17, 15) is 62.6 Å². The van der Waals surface area contributed by atoms with Gasteiger partial charge < -0.3 is 103 Å². The third-order valence-corrected chi connectivity index (χ3v) is 15.3. The van der Waals surface area contributed by atoms with Gasteiger partial charge in [-0.05, 0) is 61.5 Å². The summed E-state index contributed by atoms with van der Waals surface area (Å²) in [5, 5.41) is 34.1. The number of imidazole rings is 1. The maximum atomic E-state index is 14.7. The van der Waals surface area contributed by atoms with E-state index in [-0.39, 0.29) is 75.9 Å². The molecule has 3 aromatic rings. The minimum Gasteiger partial charge on any atom is -0.394 e. The number of rotatable bonds is 42. The topological polar surface area (TPSA) is 585 Å². The molecule has 34 heteroatoms. The van der Waals surface area contributed by atoms with Crippen molar-refractivity contribution in [2.24, 2.45) is 73.8 Å². The molecule has 26 N–H and O–H groups in total. The van der Waals surface area contributed by atoms with Crippen LogP contribution < -0.4 is 88.0 Å². The van der Waals surface area contributed by atoms with E-state index in [1.807, 2.05) is 0 Å². The van der Waals surface area contributed by atoms with E-state index in [0.29, 0.717) is 35.0 Å². The number of guanidine groups is 2. The quantitative estimate of drug-likeness (QED) is 0.0144. The van der Waals surface area contributed by atoms with Gasteiger partial charge in [-0.1, -0.05) is 79.5 Å². The Bertz CT molecular complexity index is 3090. The molecule has 3 rings (SSSR count). The van der Waals surface area contributed by atoms with Crippen molar-refractivity contribution in [2.45, 2.75) is 173 Å². The Hall–Kier alpha value is -9.89. The van der Waals surface area contributed by atoms with E-state index in [1.165, 1.54) is 12.5 Å². The molecule has 93 heavy (non-hydrogen) atoms. The number of benzene rings is 1. The number of carbonyl (C=O) groups excluding carboxylic acids is 12. The van der Waals surface area contributed by atoms with Crippen molar-refractivity contribution in [3.8, 4) is 0 Å². The lowest BCUT2D eigenvalue weighted by molar-refractivity contribution is -0.137. The number of nitrogens with one attached hydrogen (secondary N) is 11. The zero-order valence-corrected chi connectivity index (χ0v) is 53.7. The Morgan fingerprint density at radius 2 is 0.968 bits per heavy atom. The number of para-hydroxylation sites is 1. The molecule has 12 amide bonds. The van der Waals surface area contributed by atoms with Gasteiger partial charge in [0.2, 0.25) is 70.9 Å². The number of H-pyrrole nitrogens is 2. The fourth-order valence-electron chi connectivity index (χ4n) is 9.63. The molecule has 0 bridgehead atoms. The molecule has 34 nitrogen and oxygen atoms in total. The summed E-state index contributed by atoms with van der Waals surface area (Å²) in [5.41, 5.74) is 39.9. The second kappa shape index (κ2) is 38.7. The predicted molar refractivity (Wildman–Crippen MR) is 343 cm³/mol. The molecular weight excluding hydrogens is 1210 g/mol. The number of nitrogens with zero attached hydrogens (tertiary/aromatic N) is 3. The van der Waals surface area contributed by atoms with Crippen molar-refractivity contribution < 1.29 is 62.6 Å². The van der Waals surface area contributed by atoms with Crippen LogP contribution in [0.5, 0.6) is 0 Å². The summed E-state index contributed by atoms with van der Waals surface area (Å²) in [7, 11) is 0. The number of aromatic nitrogens is 3. The largest absolute Gasteiger partial charge is 0.394 e. The number of hydrogen-bond acceptors (Lipinski definition) is 16. The first-order valence-corrected chi connectivity index (χ1v) is 30.7. The number of aromatic amines is 2. The highest BCUT2D eigenvalue weighted by atomic mass is 16.3. The van der Waals surface area contributed by atoms with Crippen LogP contribution in [0.3, 0.4) is 0 Å². The molecule has 0 radical (unpaired) electrons. The number of nitrogens with two attached hydrogens (primary N) is 7. The maximum absolute atomic E-state index is 14.7. The molecule has 0 fully saturated rings. The lowest BCUT2D eigenvalue weighted by Gasteiger charge is -2.31. The fourth-order valence-corrected chi connectivity index (χ4v) is 9.63. The molecular formula is C59H95N21O13. The first-order valence-electron chi connectivity index (χ1n) is 30.7. The van der Waals surface area contributed by atoms with Crippen LogP contribution in [-0.4, -0.2) is 177 Å². The highest BCUT2D eigenvalue weighted by Gasteiger charge is 2.38. The van der Waals surface area contributed by atoms with Gasteiger partial charge in [0.25, 0.3) is 0 Å². The SMILES string of the molecule is CC[C@H](C)[C@H](NC(=O)[C@H](CC(N)=O)NC(=O)[C@H](CCCN=C(N)N)NC(=O)[C@H](CC(C)C)NC(=O)[C@H](CO)NC(=O)[C@@H](C)CCCN=C(N)N)C(=O)N[C@H](C(=O)N[C@@H](Cc1cnc[nH]1)C(=O)N[C@@H](Cc1c[nH]c2ccccc12)C(=O)N[C@@H](CC(N)=O)C(N)=O)[C@@H](C)CC. The van der Waals surface area contributed by atoms with Crippen LogP contribution in [0.15, 0.2) is 53.0 Å². The molecule has 0 unspecified atom stereocenters. The summed E-state index contributed by atoms with van der Waals surface area (Å²) >= 11 is 0. The van der Waals surface area contributed by atoms with Crippen molar-refractivity contribution in [3.05, 3.63) is 54.2 Å². The van der Waals surface area contributed by atoms with Crippen LogP contribution in [-0.2, 0) is 70.4 Å². The van der Waals surface area contributed by atoms with Crippen LogP contribution >= 0.6 is 0 Å². The molecule has 0 aliphatic heterocycles.